The van der Waals surface area contributed by atoms with Crippen LogP contribution in [0.1, 0.15) is 12.0 Å². The monoisotopic (exact) mass is 337 g/mol. The highest BCUT2D eigenvalue weighted by Crippen LogP contribution is 2.21. The molecule has 1 aliphatic heterocycles. The van der Waals surface area contributed by atoms with Gasteiger partial charge >= 0.3 is 0 Å². The second-order valence-corrected chi connectivity index (χ2v) is 7.29. The topological polar surface area (TPSA) is 72.4 Å². The Labute approximate surface area is 134 Å². The molecule has 0 saturated carbocycles. The minimum absolute atomic E-state index is 0.220. The summed E-state index contributed by atoms with van der Waals surface area (Å²) in [6, 6.07) is 5.63. The molecular formula is C15H16FN3O3S. The SMILES string of the molecule is O=S(=O)(Cc1cccc(F)c1)N1CCC(Oc2cnccn2)C1. The van der Waals surface area contributed by atoms with Crippen LogP contribution >= 0.6 is 0 Å². The summed E-state index contributed by atoms with van der Waals surface area (Å²) in [6.45, 7) is 0.636. The third kappa shape index (κ3) is 4.02. The van der Waals surface area contributed by atoms with E-state index < -0.39 is 15.8 Å². The highest BCUT2D eigenvalue weighted by atomic mass is 32.2. The Balaban J connectivity index is 1.63. The molecule has 1 aliphatic rings. The van der Waals surface area contributed by atoms with Gasteiger partial charge in [-0.3, -0.25) is 4.98 Å². The van der Waals surface area contributed by atoms with Gasteiger partial charge in [-0.1, -0.05) is 12.1 Å². The molecule has 0 spiro atoms. The summed E-state index contributed by atoms with van der Waals surface area (Å²) >= 11 is 0. The molecule has 23 heavy (non-hydrogen) atoms. The average Bonchev–Trinajstić information content (AvgIpc) is 2.97. The van der Waals surface area contributed by atoms with Gasteiger partial charge in [0.25, 0.3) is 0 Å². The van der Waals surface area contributed by atoms with Crippen molar-refractivity contribution in [1.82, 2.24) is 14.3 Å². The van der Waals surface area contributed by atoms with Gasteiger partial charge in [0.05, 0.1) is 18.5 Å². The molecule has 1 atom stereocenters. The van der Waals surface area contributed by atoms with Crippen LogP contribution in [0.5, 0.6) is 5.88 Å². The fourth-order valence-corrected chi connectivity index (χ4v) is 4.05. The van der Waals surface area contributed by atoms with Gasteiger partial charge in [-0.05, 0) is 24.1 Å². The molecule has 0 N–H and O–H groups in total. The minimum atomic E-state index is -3.50. The van der Waals surface area contributed by atoms with E-state index in [1.54, 1.807) is 6.07 Å². The van der Waals surface area contributed by atoms with Crippen LogP contribution in [0.15, 0.2) is 42.9 Å². The van der Waals surface area contributed by atoms with Crippen LogP contribution in [0.3, 0.4) is 0 Å². The first-order valence-corrected chi connectivity index (χ1v) is 8.79. The van der Waals surface area contributed by atoms with E-state index in [1.807, 2.05) is 0 Å². The first-order valence-electron chi connectivity index (χ1n) is 7.18. The summed E-state index contributed by atoms with van der Waals surface area (Å²) in [6.07, 6.45) is 4.87. The zero-order valence-electron chi connectivity index (χ0n) is 12.3. The number of sulfonamides is 1. The van der Waals surface area contributed by atoms with Gasteiger partial charge in [0.2, 0.25) is 15.9 Å². The predicted octanol–water partition coefficient (Wildman–Crippen LogP) is 1.60. The Morgan fingerprint density at radius 2 is 2.22 bits per heavy atom. The zero-order valence-corrected chi connectivity index (χ0v) is 13.1. The van der Waals surface area contributed by atoms with E-state index in [0.717, 1.165) is 0 Å². The van der Waals surface area contributed by atoms with Crippen molar-refractivity contribution in [3.05, 3.63) is 54.2 Å². The normalized spacial score (nSPS) is 18.9. The van der Waals surface area contributed by atoms with Crippen molar-refractivity contribution < 1.29 is 17.5 Å². The van der Waals surface area contributed by atoms with Crippen molar-refractivity contribution in [3.63, 3.8) is 0 Å². The lowest BCUT2D eigenvalue weighted by atomic mass is 10.2. The average molecular weight is 337 g/mol. The number of hydrogen-bond acceptors (Lipinski definition) is 5. The van der Waals surface area contributed by atoms with Crippen LogP contribution in [0.2, 0.25) is 0 Å². The summed E-state index contributed by atoms with van der Waals surface area (Å²) in [5, 5.41) is 0. The lowest BCUT2D eigenvalue weighted by molar-refractivity contribution is 0.206. The first-order chi connectivity index (χ1) is 11.0. The standard InChI is InChI=1S/C15H16FN3O3S/c16-13-3-1-2-12(8-13)11-23(20,21)19-7-4-14(10-19)22-15-9-17-5-6-18-15/h1-3,5-6,8-9,14H,4,7,10-11H2. The fourth-order valence-electron chi connectivity index (χ4n) is 2.49. The number of benzene rings is 1. The van der Waals surface area contributed by atoms with E-state index in [9.17, 15) is 12.8 Å². The van der Waals surface area contributed by atoms with Crippen LogP contribution in [-0.2, 0) is 15.8 Å². The maximum Gasteiger partial charge on any atom is 0.232 e. The molecular weight excluding hydrogens is 321 g/mol. The van der Waals surface area contributed by atoms with Crippen LogP contribution < -0.4 is 4.74 Å². The summed E-state index contributed by atoms with van der Waals surface area (Å²) in [5.74, 6) is -0.285. The summed E-state index contributed by atoms with van der Waals surface area (Å²) in [7, 11) is -3.50. The molecule has 1 aromatic carbocycles. The number of aromatic nitrogens is 2. The van der Waals surface area contributed by atoms with E-state index in [-0.39, 0.29) is 18.4 Å². The van der Waals surface area contributed by atoms with Gasteiger partial charge < -0.3 is 4.74 Å². The molecule has 2 heterocycles. The molecule has 1 fully saturated rings. The number of nitrogens with zero attached hydrogens (tertiary/aromatic N) is 3. The zero-order chi connectivity index (χ0) is 16.3. The summed E-state index contributed by atoms with van der Waals surface area (Å²) < 4.78 is 45.0. The van der Waals surface area contributed by atoms with E-state index in [2.05, 4.69) is 9.97 Å². The highest BCUT2D eigenvalue weighted by molar-refractivity contribution is 7.88. The fraction of sp³-hybridized carbons (Fsp3) is 0.333. The predicted molar refractivity (Wildman–Crippen MR) is 81.7 cm³/mol. The van der Waals surface area contributed by atoms with Crippen LogP contribution in [0, 0.1) is 5.82 Å². The van der Waals surface area contributed by atoms with Gasteiger partial charge in [-0.15, -0.1) is 0 Å². The Hall–Kier alpha value is -2.06. The van der Waals surface area contributed by atoms with Crippen LogP contribution in [0.4, 0.5) is 4.39 Å². The van der Waals surface area contributed by atoms with Crippen molar-refractivity contribution >= 4 is 10.0 Å². The summed E-state index contributed by atoms with van der Waals surface area (Å²) in [4.78, 5) is 7.92. The molecule has 1 unspecified atom stereocenters. The Morgan fingerprint density at radius 3 is 2.96 bits per heavy atom. The second-order valence-electron chi connectivity index (χ2n) is 5.32. The van der Waals surface area contributed by atoms with Crippen molar-refractivity contribution in [2.24, 2.45) is 0 Å². The molecule has 6 nitrogen and oxygen atoms in total. The molecule has 122 valence electrons. The van der Waals surface area contributed by atoms with Crippen molar-refractivity contribution in [2.45, 2.75) is 18.3 Å². The Bertz CT molecular complexity index is 771. The molecule has 0 bridgehead atoms. The van der Waals surface area contributed by atoms with E-state index in [4.69, 9.17) is 4.74 Å². The maximum absolute atomic E-state index is 13.2. The quantitative estimate of drug-likeness (QED) is 0.829. The molecule has 0 aliphatic carbocycles. The van der Waals surface area contributed by atoms with Gasteiger partial charge in [-0.25, -0.2) is 17.8 Å². The van der Waals surface area contributed by atoms with Crippen molar-refractivity contribution in [1.29, 1.82) is 0 Å². The molecule has 3 rings (SSSR count). The molecule has 0 radical (unpaired) electrons. The van der Waals surface area contributed by atoms with E-state index in [0.29, 0.717) is 24.4 Å². The number of halogens is 1. The minimum Gasteiger partial charge on any atom is -0.472 e. The van der Waals surface area contributed by atoms with Gasteiger partial charge in [-0.2, -0.15) is 4.31 Å². The number of hydrogen-bond donors (Lipinski definition) is 0. The van der Waals surface area contributed by atoms with E-state index in [1.165, 1.54) is 41.1 Å². The third-order valence-electron chi connectivity index (χ3n) is 3.57. The number of ether oxygens (including phenoxy) is 1. The lowest BCUT2D eigenvalue weighted by Crippen LogP contribution is -2.32. The highest BCUT2D eigenvalue weighted by Gasteiger charge is 2.32. The van der Waals surface area contributed by atoms with Gasteiger partial charge in [0.15, 0.2) is 0 Å². The third-order valence-corrected chi connectivity index (χ3v) is 5.38. The van der Waals surface area contributed by atoms with Crippen molar-refractivity contribution in [3.8, 4) is 5.88 Å². The first kappa shape index (κ1) is 15.8. The smallest absolute Gasteiger partial charge is 0.232 e. The molecule has 0 amide bonds. The van der Waals surface area contributed by atoms with Crippen LogP contribution in [0.25, 0.3) is 0 Å². The molecule has 1 saturated heterocycles. The molecule has 2 aromatic rings. The summed E-state index contributed by atoms with van der Waals surface area (Å²) in [5.41, 5.74) is 0.434. The lowest BCUT2D eigenvalue weighted by Gasteiger charge is -2.17. The van der Waals surface area contributed by atoms with Gasteiger partial charge in [0, 0.05) is 18.9 Å². The number of rotatable bonds is 5. The maximum atomic E-state index is 13.2. The van der Waals surface area contributed by atoms with Crippen molar-refractivity contribution in [2.75, 3.05) is 13.1 Å². The second kappa shape index (κ2) is 6.59. The Kier molecular flexibility index (Phi) is 4.53. The Morgan fingerprint density at radius 1 is 1.35 bits per heavy atom. The van der Waals surface area contributed by atoms with E-state index >= 15 is 0 Å². The van der Waals surface area contributed by atoms with Crippen LogP contribution in [-0.4, -0.2) is 41.9 Å². The largest absolute Gasteiger partial charge is 0.472 e. The molecule has 8 heteroatoms. The molecule has 1 aromatic heterocycles. The van der Waals surface area contributed by atoms with Gasteiger partial charge in [0.1, 0.15) is 11.9 Å².